The van der Waals surface area contributed by atoms with Crippen molar-refractivity contribution in [3.63, 3.8) is 0 Å². The van der Waals surface area contributed by atoms with Gasteiger partial charge in [0.05, 0.1) is 28.9 Å². The number of hydrogen-bond donors (Lipinski definition) is 1. The zero-order valence-corrected chi connectivity index (χ0v) is 19.1. The molecule has 1 aromatic heterocycles. The Balaban J connectivity index is 1.85. The lowest BCUT2D eigenvalue weighted by Crippen LogP contribution is -2.29. The molecule has 0 amide bonds. The third-order valence-corrected chi connectivity index (χ3v) is 7.32. The molecule has 0 saturated heterocycles. The summed E-state index contributed by atoms with van der Waals surface area (Å²) >= 11 is 1.73. The fraction of sp³-hybridized carbons (Fsp3) is 0.292. The molecule has 1 atom stereocenters. The van der Waals surface area contributed by atoms with Crippen LogP contribution in [0.2, 0.25) is 0 Å². The summed E-state index contributed by atoms with van der Waals surface area (Å²) in [6.07, 6.45) is 5.20. The van der Waals surface area contributed by atoms with Crippen molar-refractivity contribution in [2.75, 3.05) is 10.7 Å². The number of anilines is 2. The summed E-state index contributed by atoms with van der Waals surface area (Å²) in [4.78, 5) is 8.99. The molecule has 1 aliphatic heterocycles. The topological polar surface area (TPSA) is 70.5 Å². The van der Waals surface area contributed by atoms with Crippen LogP contribution in [0.4, 0.5) is 11.4 Å². The van der Waals surface area contributed by atoms with E-state index in [2.05, 4.69) is 47.1 Å². The second-order valence-corrected chi connectivity index (χ2v) is 10.3. The maximum Gasteiger partial charge on any atom is 0.264 e. The van der Waals surface area contributed by atoms with E-state index >= 15 is 0 Å². The Labute approximate surface area is 188 Å². The van der Waals surface area contributed by atoms with Gasteiger partial charge in [0.25, 0.3) is 10.1 Å². The number of pyridine rings is 1. The molecule has 1 unspecified atom stereocenters. The maximum absolute atomic E-state index is 11.6. The maximum atomic E-state index is 11.6. The van der Waals surface area contributed by atoms with E-state index in [1.54, 1.807) is 18.0 Å². The second-order valence-electron chi connectivity index (χ2n) is 7.69. The Bertz CT molecular complexity index is 1150. The van der Waals surface area contributed by atoms with Crippen LogP contribution in [0.25, 0.3) is 0 Å². The third-order valence-electron chi connectivity index (χ3n) is 5.44. The molecule has 2 aromatic carbocycles. The zero-order chi connectivity index (χ0) is 21.8. The highest BCUT2D eigenvalue weighted by atomic mass is 32.2. The van der Waals surface area contributed by atoms with Crippen molar-refractivity contribution in [1.29, 1.82) is 0 Å². The van der Waals surface area contributed by atoms with E-state index in [4.69, 9.17) is 0 Å². The van der Waals surface area contributed by atoms with Crippen molar-refractivity contribution in [2.24, 2.45) is 0 Å². The minimum Gasteiger partial charge on any atom is -0.330 e. The fourth-order valence-corrected chi connectivity index (χ4v) is 5.52. The SMILES string of the molecule is CCCCc1ccc2c(c1)N(C(CCS(=O)(=O)O)c1ccccn1)c1ccccc1S2. The van der Waals surface area contributed by atoms with Crippen LogP contribution in [0.15, 0.2) is 76.7 Å². The molecule has 0 aliphatic carbocycles. The van der Waals surface area contributed by atoms with Gasteiger partial charge in [-0.2, -0.15) is 8.42 Å². The van der Waals surface area contributed by atoms with E-state index in [-0.39, 0.29) is 18.2 Å². The highest BCUT2D eigenvalue weighted by Gasteiger charge is 2.31. The number of para-hydroxylation sites is 1. The molecule has 7 heteroatoms. The lowest BCUT2D eigenvalue weighted by molar-refractivity contribution is 0.476. The summed E-state index contributed by atoms with van der Waals surface area (Å²) in [5.41, 5.74) is 4.12. The van der Waals surface area contributed by atoms with E-state index in [1.807, 2.05) is 30.3 Å². The molecule has 0 fully saturated rings. The number of unbranched alkanes of at least 4 members (excludes halogenated alkanes) is 1. The lowest BCUT2D eigenvalue weighted by Gasteiger charge is -2.39. The predicted molar refractivity (Wildman–Crippen MR) is 126 cm³/mol. The molecule has 0 spiro atoms. The molecule has 31 heavy (non-hydrogen) atoms. The molecule has 5 nitrogen and oxygen atoms in total. The van der Waals surface area contributed by atoms with Crippen molar-refractivity contribution >= 4 is 33.3 Å². The zero-order valence-electron chi connectivity index (χ0n) is 17.4. The second kappa shape index (κ2) is 9.42. The minimum atomic E-state index is -4.10. The van der Waals surface area contributed by atoms with Gasteiger partial charge in [-0.25, -0.2) is 0 Å². The van der Waals surface area contributed by atoms with E-state index in [9.17, 15) is 13.0 Å². The molecule has 0 radical (unpaired) electrons. The smallest absolute Gasteiger partial charge is 0.264 e. The van der Waals surface area contributed by atoms with Gasteiger partial charge in [-0.15, -0.1) is 0 Å². The number of fused-ring (bicyclic) bond motifs is 2. The molecule has 0 bridgehead atoms. The Morgan fingerprint density at radius 2 is 1.81 bits per heavy atom. The van der Waals surface area contributed by atoms with E-state index in [0.717, 1.165) is 46.1 Å². The average molecular weight is 455 g/mol. The first-order valence-electron chi connectivity index (χ1n) is 10.5. The van der Waals surface area contributed by atoms with Crippen molar-refractivity contribution in [3.8, 4) is 0 Å². The predicted octanol–water partition coefficient (Wildman–Crippen LogP) is 6.05. The number of rotatable bonds is 8. The molecular formula is C24H26N2O3S2. The monoisotopic (exact) mass is 454 g/mol. The van der Waals surface area contributed by atoms with Gasteiger partial charge in [0.2, 0.25) is 0 Å². The summed E-state index contributed by atoms with van der Waals surface area (Å²) < 4.78 is 32.7. The average Bonchev–Trinajstić information content (AvgIpc) is 2.77. The Morgan fingerprint density at radius 3 is 2.55 bits per heavy atom. The number of aryl methyl sites for hydroxylation is 1. The number of aromatic nitrogens is 1. The van der Waals surface area contributed by atoms with Gasteiger partial charge in [0.1, 0.15) is 0 Å². The van der Waals surface area contributed by atoms with Crippen LogP contribution in [0, 0.1) is 0 Å². The van der Waals surface area contributed by atoms with Crippen LogP contribution in [0.5, 0.6) is 0 Å². The van der Waals surface area contributed by atoms with Crippen molar-refractivity contribution < 1.29 is 13.0 Å². The van der Waals surface area contributed by atoms with Crippen LogP contribution >= 0.6 is 11.8 Å². The van der Waals surface area contributed by atoms with Gasteiger partial charge >= 0.3 is 0 Å². The number of benzene rings is 2. The van der Waals surface area contributed by atoms with Crippen LogP contribution in [-0.2, 0) is 16.5 Å². The molecule has 1 N–H and O–H groups in total. The van der Waals surface area contributed by atoms with E-state index < -0.39 is 10.1 Å². The first-order valence-corrected chi connectivity index (χ1v) is 12.9. The molecule has 162 valence electrons. The molecule has 3 aromatic rings. The van der Waals surface area contributed by atoms with Crippen LogP contribution < -0.4 is 4.90 Å². The van der Waals surface area contributed by atoms with Crippen molar-refractivity contribution in [1.82, 2.24) is 4.98 Å². The third kappa shape index (κ3) is 5.11. The van der Waals surface area contributed by atoms with Gasteiger partial charge < -0.3 is 4.90 Å². The fourth-order valence-electron chi connectivity index (χ4n) is 3.94. The van der Waals surface area contributed by atoms with Gasteiger partial charge in [0, 0.05) is 16.0 Å². The molecule has 1 aliphatic rings. The summed E-state index contributed by atoms with van der Waals surface area (Å²) in [6.45, 7) is 2.18. The van der Waals surface area contributed by atoms with Crippen LogP contribution in [0.3, 0.4) is 0 Å². The largest absolute Gasteiger partial charge is 0.330 e. The van der Waals surface area contributed by atoms with Crippen molar-refractivity contribution in [3.05, 3.63) is 78.1 Å². The quantitative estimate of drug-likeness (QED) is 0.418. The molecule has 2 heterocycles. The normalized spacial score (nSPS) is 14.1. The Hall–Kier alpha value is -2.35. The highest BCUT2D eigenvalue weighted by molar-refractivity contribution is 7.99. The van der Waals surface area contributed by atoms with Crippen LogP contribution in [0.1, 0.15) is 43.5 Å². The first kappa shape index (κ1) is 21.9. The van der Waals surface area contributed by atoms with Crippen molar-refractivity contribution in [2.45, 2.75) is 48.4 Å². The number of hydrogen-bond acceptors (Lipinski definition) is 5. The van der Waals surface area contributed by atoms with Gasteiger partial charge in [0.15, 0.2) is 0 Å². The van der Waals surface area contributed by atoms with Gasteiger partial charge in [-0.1, -0.05) is 49.4 Å². The first-order chi connectivity index (χ1) is 15.0. The van der Waals surface area contributed by atoms with Gasteiger partial charge in [-0.3, -0.25) is 9.54 Å². The van der Waals surface area contributed by atoms with E-state index in [0.29, 0.717) is 0 Å². The molecule has 0 saturated carbocycles. The number of nitrogens with zero attached hydrogens (tertiary/aromatic N) is 2. The highest BCUT2D eigenvalue weighted by Crippen LogP contribution is 2.52. The van der Waals surface area contributed by atoms with Crippen LogP contribution in [-0.4, -0.2) is 23.7 Å². The summed E-state index contributed by atoms with van der Waals surface area (Å²) in [5.74, 6) is -0.328. The molecular weight excluding hydrogens is 428 g/mol. The summed E-state index contributed by atoms with van der Waals surface area (Å²) in [6, 6.07) is 20.1. The summed E-state index contributed by atoms with van der Waals surface area (Å²) in [7, 11) is -4.10. The standard InChI is InChI=1S/C24H26N2O3S2/c1-2-3-8-18-12-13-24-22(17-18)26(21-10-4-5-11-23(21)30-24)20(14-16-31(27,28)29)19-9-6-7-15-25-19/h4-7,9-13,15,17,20H,2-3,8,14,16H2,1H3,(H,27,28,29). The van der Waals surface area contributed by atoms with Gasteiger partial charge in [-0.05, 0) is 61.2 Å². The van der Waals surface area contributed by atoms with E-state index in [1.165, 1.54) is 5.56 Å². The Morgan fingerprint density at radius 1 is 1.03 bits per heavy atom. The Kier molecular flexibility index (Phi) is 6.65. The summed E-state index contributed by atoms with van der Waals surface area (Å²) in [5, 5.41) is 0. The molecule has 4 rings (SSSR count). The lowest BCUT2D eigenvalue weighted by atomic mass is 10.0. The minimum absolute atomic E-state index is 0.230.